The maximum atomic E-state index is 12.2. The molecule has 6 nitrogen and oxygen atoms in total. The van der Waals surface area contributed by atoms with E-state index in [1.165, 1.54) is 0 Å². The Balaban J connectivity index is 2.15. The Hall–Kier alpha value is -1.45. The highest BCUT2D eigenvalue weighted by molar-refractivity contribution is 8.01. The molecule has 112 valence electrons. The van der Waals surface area contributed by atoms with E-state index < -0.39 is 46.2 Å². The molecule has 0 aliphatic carbocycles. The number of rotatable bonds is 2. The molecular weight excluding hydrogens is 301 g/mol. The van der Waals surface area contributed by atoms with E-state index in [4.69, 9.17) is 5.11 Å². The highest BCUT2D eigenvalue weighted by Crippen LogP contribution is 2.50. The molecule has 10 heteroatoms. The molecule has 0 unspecified atom stereocenters. The maximum Gasteiger partial charge on any atom is 0.471 e. The third-order valence-corrected chi connectivity index (χ3v) is 4.79. The fraction of sp³-hybridized carbons (Fsp3) is 0.700. The largest absolute Gasteiger partial charge is 0.480 e. The van der Waals surface area contributed by atoms with Crippen LogP contribution in [0, 0.1) is 0 Å². The van der Waals surface area contributed by atoms with Crippen molar-refractivity contribution in [1.29, 1.82) is 0 Å². The van der Waals surface area contributed by atoms with Gasteiger partial charge < -0.3 is 15.3 Å². The number of fused-ring (bicyclic) bond motifs is 1. The Kier molecular flexibility index (Phi) is 3.19. The van der Waals surface area contributed by atoms with E-state index in [-0.39, 0.29) is 0 Å². The Morgan fingerprint density at radius 2 is 1.95 bits per heavy atom. The first kappa shape index (κ1) is 14.9. The summed E-state index contributed by atoms with van der Waals surface area (Å²) in [6.45, 7) is 3.18. The van der Waals surface area contributed by atoms with Crippen LogP contribution in [0.3, 0.4) is 0 Å². The Morgan fingerprint density at radius 3 is 2.40 bits per heavy atom. The molecule has 2 amide bonds. The number of alkyl halides is 3. The van der Waals surface area contributed by atoms with Gasteiger partial charge in [-0.25, -0.2) is 4.79 Å². The third-order valence-electron chi connectivity index (χ3n) is 3.22. The normalized spacial score (nSPS) is 31.6. The summed E-state index contributed by atoms with van der Waals surface area (Å²) in [5.41, 5.74) is 0. The van der Waals surface area contributed by atoms with Gasteiger partial charge in [-0.3, -0.25) is 9.59 Å². The van der Waals surface area contributed by atoms with Gasteiger partial charge in [0.25, 0.3) is 0 Å². The van der Waals surface area contributed by atoms with Gasteiger partial charge >= 0.3 is 18.1 Å². The summed E-state index contributed by atoms with van der Waals surface area (Å²) in [4.78, 5) is 34.8. The number of nitrogens with zero attached hydrogens (tertiary/aromatic N) is 1. The molecular formula is C10H11F3N2O4S. The van der Waals surface area contributed by atoms with Gasteiger partial charge in [0.15, 0.2) is 0 Å². The molecule has 0 aromatic heterocycles. The number of carboxylic acids is 1. The van der Waals surface area contributed by atoms with Crippen molar-refractivity contribution in [2.45, 2.75) is 42.2 Å². The third kappa shape index (κ3) is 2.11. The summed E-state index contributed by atoms with van der Waals surface area (Å²) in [7, 11) is 0. The average molecular weight is 312 g/mol. The molecule has 20 heavy (non-hydrogen) atoms. The Bertz CT molecular complexity index is 493. The number of aliphatic carboxylic acids is 1. The lowest BCUT2D eigenvalue weighted by atomic mass is 9.96. The monoisotopic (exact) mass is 312 g/mol. The lowest BCUT2D eigenvalue weighted by Crippen LogP contribution is -2.71. The van der Waals surface area contributed by atoms with Crippen LogP contribution in [0.25, 0.3) is 0 Å². The molecule has 0 aromatic rings. The second-order valence-electron chi connectivity index (χ2n) is 5.05. The molecule has 2 N–H and O–H groups in total. The predicted octanol–water partition coefficient (Wildman–Crippen LogP) is 0.180. The van der Waals surface area contributed by atoms with Gasteiger partial charge in [0.1, 0.15) is 17.5 Å². The van der Waals surface area contributed by atoms with Crippen molar-refractivity contribution in [2.75, 3.05) is 0 Å². The van der Waals surface area contributed by atoms with Gasteiger partial charge in [0.2, 0.25) is 5.91 Å². The quantitative estimate of drug-likeness (QED) is 0.710. The molecule has 2 fully saturated rings. The lowest BCUT2D eigenvalue weighted by Gasteiger charge is -2.43. The van der Waals surface area contributed by atoms with Gasteiger partial charge in [-0.2, -0.15) is 13.2 Å². The van der Waals surface area contributed by atoms with Crippen molar-refractivity contribution in [3.05, 3.63) is 0 Å². The molecule has 2 rings (SSSR count). The van der Waals surface area contributed by atoms with Crippen LogP contribution in [0.4, 0.5) is 13.2 Å². The van der Waals surface area contributed by atoms with E-state index >= 15 is 0 Å². The Morgan fingerprint density at radius 1 is 1.40 bits per heavy atom. The predicted molar refractivity (Wildman–Crippen MR) is 61.7 cm³/mol. The molecule has 2 heterocycles. The standard InChI is InChI=1S/C10H11F3N2O4S/c1-9(2)4(7(17)18)15-5(16)3(6(15)20-9)14-8(19)10(11,12)13/h3-4,6H,1-2H3,(H,14,19)(H,17,18)/t3-,4-,6+/m0/s1. The summed E-state index contributed by atoms with van der Waals surface area (Å²) in [6.07, 6.45) is -5.08. The Labute approximate surface area is 115 Å². The highest BCUT2D eigenvalue weighted by Gasteiger charge is 2.64. The second kappa shape index (κ2) is 4.27. The van der Waals surface area contributed by atoms with Crippen molar-refractivity contribution < 1.29 is 32.7 Å². The number of β-lactam (4-membered cyclic amide) rings is 1. The number of amides is 2. The summed E-state index contributed by atoms with van der Waals surface area (Å²) < 4.78 is 35.6. The molecule has 0 spiro atoms. The summed E-state index contributed by atoms with van der Waals surface area (Å²) in [6, 6.07) is -2.46. The summed E-state index contributed by atoms with van der Waals surface area (Å²) >= 11 is 1.06. The van der Waals surface area contributed by atoms with E-state index in [9.17, 15) is 27.6 Å². The smallest absolute Gasteiger partial charge is 0.471 e. The van der Waals surface area contributed by atoms with Crippen molar-refractivity contribution in [3.63, 3.8) is 0 Å². The van der Waals surface area contributed by atoms with Crippen LogP contribution in [-0.4, -0.2) is 56.2 Å². The fourth-order valence-electron chi connectivity index (χ4n) is 2.37. The summed E-state index contributed by atoms with van der Waals surface area (Å²) in [5.74, 6) is -4.23. The number of nitrogens with one attached hydrogen (secondary N) is 1. The van der Waals surface area contributed by atoms with Crippen molar-refractivity contribution in [1.82, 2.24) is 10.2 Å². The van der Waals surface area contributed by atoms with Gasteiger partial charge in [-0.1, -0.05) is 0 Å². The molecule has 0 aromatic carbocycles. The lowest BCUT2D eigenvalue weighted by molar-refractivity contribution is -0.178. The van der Waals surface area contributed by atoms with E-state index in [0.29, 0.717) is 0 Å². The van der Waals surface area contributed by atoms with Crippen LogP contribution in [0.2, 0.25) is 0 Å². The number of halogens is 3. The minimum absolute atomic E-state index is 0.787. The van der Waals surface area contributed by atoms with E-state index in [1.54, 1.807) is 19.2 Å². The molecule has 3 atom stereocenters. The summed E-state index contributed by atoms with van der Waals surface area (Å²) in [5, 5.41) is 9.93. The van der Waals surface area contributed by atoms with Crippen LogP contribution >= 0.6 is 11.8 Å². The van der Waals surface area contributed by atoms with Crippen molar-refractivity contribution >= 4 is 29.5 Å². The SMILES string of the molecule is CC1(C)S[C@@H]2[C@@H](NC(=O)C(F)(F)F)C(=O)N2[C@H]1C(=O)O. The minimum atomic E-state index is -5.08. The van der Waals surface area contributed by atoms with Crippen molar-refractivity contribution in [3.8, 4) is 0 Å². The number of thioether (sulfide) groups is 1. The highest BCUT2D eigenvalue weighted by atomic mass is 32.2. The number of hydrogen-bond donors (Lipinski definition) is 2. The first-order chi connectivity index (χ1) is 8.97. The van der Waals surface area contributed by atoms with Crippen LogP contribution in [0.5, 0.6) is 0 Å². The van der Waals surface area contributed by atoms with Crippen LogP contribution in [-0.2, 0) is 14.4 Å². The molecule has 0 radical (unpaired) electrons. The van der Waals surface area contributed by atoms with Crippen LogP contribution < -0.4 is 5.32 Å². The zero-order valence-corrected chi connectivity index (χ0v) is 11.2. The molecule has 2 aliphatic rings. The van der Waals surface area contributed by atoms with E-state index in [1.807, 2.05) is 0 Å². The second-order valence-corrected chi connectivity index (χ2v) is 6.82. The molecule has 2 saturated heterocycles. The zero-order chi connectivity index (χ0) is 15.5. The van der Waals surface area contributed by atoms with Crippen LogP contribution in [0.1, 0.15) is 13.8 Å². The van der Waals surface area contributed by atoms with E-state index in [2.05, 4.69) is 0 Å². The fourth-order valence-corrected chi connectivity index (χ4v) is 3.99. The van der Waals surface area contributed by atoms with E-state index in [0.717, 1.165) is 16.7 Å². The van der Waals surface area contributed by atoms with Gasteiger partial charge in [-0.05, 0) is 13.8 Å². The maximum absolute atomic E-state index is 12.2. The first-order valence-corrected chi connectivity index (χ1v) is 6.45. The number of hydrogen-bond acceptors (Lipinski definition) is 4. The zero-order valence-electron chi connectivity index (χ0n) is 10.4. The van der Waals surface area contributed by atoms with Crippen LogP contribution in [0.15, 0.2) is 0 Å². The minimum Gasteiger partial charge on any atom is -0.480 e. The van der Waals surface area contributed by atoms with Gasteiger partial charge in [-0.15, -0.1) is 11.8 Å². The molecule has 0 bridgehead atoms. The van der Waals surface area contributed by atoms with Gasteiger partial charge in [0, 0.05) is 4.75 Å². The number of carbonyl (C=O) groups is 3. The van der Waals surface area contributed by atoms with Gasteiger partial charge in [0.05, 0.1) is 0 Å². The molecule has 0 saturated carbocycles. The number of carboxylic acid groups (broad SMARTS) is 1. The first-order valence-electron chi connectivity index (χ1n) is 5.57. The number of carbonyl (C=O) groups excluding carboxylic acids is 2. The average Bonchev–Trinajstić information content (AvgIpc) is 2.53. The van der Waals surface area contributed by atoms with Crippen molar-refractivity contribution in [2.24, 2.45) is 0 Å². The topological polar surface area (TPSA) is 86.7 Å². The molecule has 2 aliphatic heterocycles.